The number of rotatable bonds is 29. The van der Waals surface area contributed by atoms with Crippen molar-refractivity contribution >= 4 is 11.9 Å². The molecule has 0 aliphatic carbocycles. The Bertz CT molecular complexity index is 767. The van der Waals surface area contributed by atoms with E-state index in [1.165, 1.54) is 57.8 Å². The Balaban J connectivity index is 3.68. The molecule has 2 atom stereocenters. The van der Waals surface area contributed by atoms with E-state index < -0.39 is 12.2 Å². The molecular weight excluding hydrogens is 540 g/mol. The summed E-state index contributed by atoms with van der Waals surface area (Å²) in [5.74, 6) is 0.100. The van der Waals surface area contributed by atoms with E-state index in [1.807, 2.05) is 24.3 Å². The van der Waals surface area contributed by atoms with Crippen molar-refractivity contribution in [3.05, 3.63) is 48.6 Å². The number of unbranched alkanes of at least 4 members (excludes halogenated alkanes) is 11. The molecule has 0 aromatic heterocycles. The lowest BCUT2D eigenvalue weighted by Crippen LogP contribution is -2.25. The van der Waals surface area contributed by atoms with Gasteiger partial charge in [0, 0.05) is 12.8 Å². The van der Waals surface area contributed by atoms with E-state index in [1.54, 1.807) is 6.08 Å². The minimum Gasteiger partial charge on any atom is -0.463 e. The number of ether oxygens (including phenoxy) is 2. The number of hydrogen-bond donors (Lipinski definition) is 2. The van der Waals surface area contributed by atoms with Gasteiger partial charge in [0.15, 0.2) is 0 Å². The fraction of sp³-hybridized carbons (Fsp3) is 0.730. The van der Waals surface area contributed by atoms with E-state index in [0.717, 1.165) is 38.0 Å². The first-order valence-electron chi connectivity index (χ1n) is 17.2. The van der Waals surface area contributed by atoms with Gasteiger partial charge in [-0.05, 0) is 50.9 Å². The lowest BCUT2D eigenvalue weighted by atomic mass is 10.0. The Morgan fingerprint density at radius 1 is 0.651 bits per heavy atom. The third-order valence-electron chi connectivity index (χ3n) is 7.08. The van der Waals surface area contributed by atoms with Crippen LogP contribution in [0.15, 0.2) is 48.6 Å². The zero-order chi connectivity index (χ0) is 31.8. The van der Waals surface area contributed by atoms with Crippen molar-refractivity contribution in [3.63, 3.8) is 0 Å². The molecule has 0 bridgehead atoms. The Labute approximate surface area is 263 Å². The third-order valence-corrected chi connectivity index (χ3v) is 7.08. The fourth-order valence-corrected chi connectivity index (χ4v) is 4.40. The molecule has 0 amide bonds. The molecule has 6 heteroatoms. The smallest absolute Gasteiger partial charge is 0.305 e. The van der Waals surface area contributed by atoms with Crippen molar-refractivity contribution in [1.82, 2.24) is 0 Å². The molecule has 0 aliphatic rings. The van der Waals surface area contributed by atoms with Crippen LogP contribution in [0.3, 0.4) is 0 Å². The second kappa shape index (κ2) is 31.3. The Morgan fingerprint density at radius 3 is 1.88 bits per heavy atom. The molecule has 0 aromatic rings. The van der Waals surface area contributed by atoms with Crippen molar-refractivity contribution in [2.24, 2.45) is 5.92 Å². The normalized spacial score (nSPS) is 13.6. The summed E-state index contributed by atoms with van der Waals surface area (Å²) >= 11 is 0. The van der Waals surface area contributed by atoms with Gasteiger partial charge in [-0.25, -0.2) is 0 Å². The number of carbonyl (C=O) groups excluding carboxylic acids is 2. The topological polar surface area (TPSA) is 93.1 Å². The number of allylic oxidation sites excluding steroid dienone is 6. The molecule has 248 valence electrons. The highest BCUT2D eigenvalue weighted by Crippen LogP contribution is 2.13. The monoisotopic (exact) mass is 604 g/mol. The lowest BCUT2D eigenvalue weighted by molar-refractivity contribution is -0.152. The molecule has 0 aliphatic heterocycles. The van der Waals surface area contributed by atoms with Crippen molar-refractivity contribution in [3.8, 4) is 0 Å². The largest absolute Gasteiger partial charge is 0.463 e. The maximum Gasteiger partial charge on any atom is 0.305 e. The molecule has 0 aromatic carbocycles. The summed E-state index contributed by atoms with van der Waals surface area (Å²) in [5.41, 5.74) is 0. The Kier molecular flexibility index (Phi) is 29.7. The molecule has 0 saturated heterocycles. The van der Waals surface area contributed by atoms with Crippen LogP contribution in [0.5, 0.6) is 0 Å². The predicted molar refractivity (Wildman–Crippen MR) is 179 cm³/mol. The standard InChI is InChI=1S/C37H64O6/c1-4-5-6-7-8-9-13-17-22-27-34(38)28-23-18-15-20-25-30-37(41)43-32-35(39)31-42-36(40)29-24-19-14-11-10-12-16-21-26-33(2)3/h8-9,15,17-18,22-23,28,33-35,38-39H,4-7,10-14,16,19-21,24-27,29-32H2,1-3H3/b9-8-,18-15+,22-17-,28-23-/t34?,35-/m0/s1. The van der Waals surface area contributed by atoms with Crippen LogP contribution in [0.2, 0.25) is 0 Å². The summed E-state index contributed by atoms with van der Waals surface area (Å²) in [7, 11) is 0. The lowest BCUT2D eigenvalue weighted by Gasteiger charge is -2.12. The van der Waals surface area contributed by atoms with Crippen LogP contribution in [-0.2, 0) is 19.1 Å². The molecule has 0 fully saturated rings. The highest BCUT2D eigenvalue weighted by atomic mass is 16.6. The highest BCUT2D eigenvalue weighted by molar-refractivity contribution is 5.69. The molecule has 1 unspecified atom stereocenters. The third kappa shape index (κ3) is 32.6. The number of aliphatic hydroxyl groups is 2. The molecule has 2 N–H and O–H groups in total. The molecule has 43 heavy (non-hydrogen) atoms. The van der Waals surface area contributed by atoms with Crippen LogP contribution in [0.4, 0.5) is 0 Å². The Morgan fingerprint density at radius 2 is 1.23 bits per heavy atom. The zero-order valence-corrected chi connectivity index (χ0v) is 27.7. The van der Waals surface area contributed by atoms with Crippen LogP contribution in [-0.4, -0.2) is 47.6 Å². The first-order chi connectivity index (χ1) is 20.8. The minimum absolute atomic E-state index is 0.157. The number of aliphatic hydroxyl groups excluding tert-OH is 2. The second-order valence-corrected chi connectivity index (χ2v) is 12.0. The second-order valence-electron chi connectivity index (χ2n) is 12.0. The fourth-order valence-electron chi connectivity index (χ4n) is 4.40. The van der Waals surface area contributed by atoms with Crippen LogP contribution in [0.25, 0.3) is 0 Å². The van der Waals surface area contributed by atoms with E-state index in [2.05, 4.69) is 39.0 Å². The zero-order valence-electron chi connectivity index (χ0n) is 27.7. The van der Waals surface area contributed by atoms with Crippen LogP contribution in [0.1, 0.15) is 143 Å². The van der Waals surface area contributed by atoms with Gasteiger partial charge in [-0.1, -0.05) is 134 Å². The van der Waals surface area contributed by atoms with Crippen LogP contribution >= 0.6 is 0 Å². The maximum atomic E-state index is 11.9. The van der Waals surface area contributed by atoms with Gasteiger partial charge < -0.3 is 19.7 Å². The summed E-state index contributed by atoms with van der Waals surface area (Å²) in [6.45, 7) is 6.42. The van der Waals surface area contributed by atoms with Crippen molar-refractivity contribution < 1.29 is 29.3 Å². The van der Waals surface area contributed by atoms with Gasteiger partial charge >= 0.3 is 11.9 Å². The number of esters is 2. The van der Waals surface area contributed by atoms with Gasteiger partial charge in [0.1, 0.15) is 19.3 Å². The number of hydrogen-bond acceptors (Lipinski definition) is 6. The van der Waals surface area contributed by atoms with Gasteiger partial charge in [-0.15, -0.1) is 0 Å². The molecule has 0 heterocycles. The summed E-state index contributed by atoms with van der Waals surface area (Å²) in [4.78, 5) is 23.8. The minimum atomic E-state index is -1.01. The van der Waals surface area contributed by atoms with Crippen molar-refractivity contribution in [2.75, 3.05) is 13.2 Å². The van der Waals surface area contributed by atoms with Gasteiger partial charge in [0.05, 0.1) is 6.10 Å². The molecule has 0 radical (unpaired) electrons. The van der Waals surface area contributed by atoms with Crippen LogP contribution in [0, 0.1) is 5.92 Å². The van der Waals surface area contributed by atoms with Gasteiger partial charge in [0.2, 0.25) is 0 Å². The van der Waals surface area contributed by atoms with E-state index in [9.17, 15) is 19.8 Å². The van der Waals surface area contributed by atoms with Gasteiger partial charge in [-0.2, -0.15) is 0 Å². The summed E-state index contributed by atoms with van der Waals surface area (Å²) in [5, 5.41) is 20.0. The van der Waals surface area contributed by atoms with Crippen LogP contribution < -0.4 is 0 Å². The molecule has 6 nitrogen and oxygen atoms in total. The van der Waals surface area contributed by atoms with Crippen molar-refractivity contribution in [1.29, 1.82) is 0 Å². The number of carbonyl (C=O) groups is 2. The summed E-state index contributed by atoms with van der Waals surface area (Å²) < 4.78 is 10.2. The Hall–Kier alpha value is -2.18. The van der Waals surface area contributed by atoms with Crippen molar-refractivity contribution in [2.45, 2.75) is 155 Å². The molecule has 0 saturated carbocycles. The molecule has 0 rings (SSSR count). The van der Waals surface area contributed by atoms with Gasteiger partial charge in [0.25, 0.3) is 0 Å². The predicted octanol–water partition coefficient (Wildman–Crippen LogP) is 9.11. The average Bonchev–Trinajstić information content (AvgIpc) is 2.98. The molecular formula is C37H64O6. The molecule has 0 spiro atoms. The van der Waals surface area contributed by atoms with E-state index in [4.69, 9.17) is 9.47 Å². The van der Waals surface area contributed by atoms with E-state index in [-0.39, 0.29) is 31.6 Å². The quantitative estimate of drug-likeness (QED) is 0.0383. The van der Waals surface area contributed by atoms with E-state index in [0.29, 0.717) is 25.7 Å². The van der Waals surface area contributed by atoms with E-state index >= 15 is 0 Å². The summed E-state index contributed by atoms with van der Waals surface area (Å²) in [6, 6.07) is 0. The SMILES string of the molecule is CCCCC/C=C\C/C=C\CC(O)/C=C\C=C\CCCC(=O)OC[C@@H](O)COC(=O)CCCCCCCCCCC(C)C. The van der Waals surface area contributed by atoms with Gasteiger partial charge in [-0.3, -0.25) is 9.59 Å². The first-order valence-corrected chi connectivity index (χ1v) is 17.2. The average molecular weight is 605 g/mol. The first kappa shape index (κ1) is 40.8. The summed E-state index contributed by atoms with van der Waals surface area (Å²) in [6.07, 6.45) is 33.4. The maximum absolute atomic E-state index is 11.9. The highest BCUT2D eigenvalue weighted by Gasteiger charge is 2.12.